The molecule has 6 heteroatoms. The Bertz CT molecular complexity index is 268. The fourth-order valence-corrected chi connectivity index (χ4v) is 0.846. The second-order valence-electron chi connectivity index (χ2n) is 4.11. The van der Waals surface area contributed by atoms with Gasteiger partial charge in [-0.05, 0) is 20.8 Å². The van der Waals surface area contributed by atoms with E-state index < -0.39 is 11.9 Å². The molecular formula is C9H16N2O4. The van der Waals surface area contributed by atoms with Gasteiger partial charge in [-0.3, -0.25) is 9.59 Å². The van der Waals surface area contributed by atoms with Gasteiger partial charge in [-0.15, -0.1) is 0 Å². The van der Waals surface area contributed by atoms with Crippen molar-refractivity contribution in [2.24, 2.45) is 0 Å². The van der Waals surface area contributed by atoms with Crippen LogP contribution in [0.1, 0.15) is 27.2 Å². The van der Waals surface area contributed by atoms with Crippen LogP contribution in [0.4, 0.5) is 0 Å². The number of amides is 2. The Morgan fingerprint density at radius 3 is 2.13 bits per heavy atom. The summed E-state index contributed by atoms with van der Waals surface area (Å²) in [6, 6.07) is 0. The zero-order valence-electron chi connectivity index (χ0n) is 9.09. The van der Waals surface area contributed by atoms with Crippen LogP contribution in [-0.2, 0) is 14.4 Å². The predicted octanol–water partition coefficient (Wildman–Crippen LogP) is -0.508. The van der Waals surface area contributed by atoms with Crippen molar-refractivity contribution >= 4 is 17.8 Å². The summed E-state index contributed by atoms with van der Waals surface area (Å²) in [7, 11) is 0. The Labute approximate surface area is 88.0 Å². The summed E-state index contributed by atoms with van der Waals surface area (Å²) in [5, 5.41) is 13.0. The first-order valence-electron chi connectivity index (χ1n) is 4.54. The Morgan fingerprint density at radius 2 is 1.73 bits per heavy atom. The third kappa shape index (κ3) is 7.48. The maximum atomic E-state index is 11.2. The van der Waals surface area contributed by atoms with Crippen molar-refractivity contribution in [1.82, 2.24) is 10.6 Å². The third-order valence-corrected chi connectivity index (χ3v) is 1.35. The Balaban J connectivity index is 3.74. The number of carboxylic acids is 1. The minimum Gasteiger partial charge on any atom is -0.474 e. The van der Waals surface area contributed by atoms with Gasteiger partial charge >= 0.3 is 11.9 Å². The lowest BCUT2D eigenvalue weighted by atomic mass is 10.1. The molecule has 0 aliphatic rings. The van der Waals surface area contributed by atoms with Crippen LogP contribution in [0.5, 0.6) is 0 Å². The minimum atomic E-state index is -1.55. The van der Waals surface area contributed by atoms with Gasteiger partial charge in [0.05, 0.1) is 0 Å². The first-order valence-corrected chi connectivity index (χ1v) is 4.54. The highest BCUT2D eigenvalue weighted by molar-refractivity contribution is 6.31. The molecule has 2 amide bonds. The van der Waals surface area contributed by atoms with E-state index >= 15 is 0 Å². The van der Waals surface area contributed by atoms with E-state index in [-0.39, 0.29) is 24.4 Å². The highest BCUT2D eigenvalue weighted by atomic mass is 16.4. The lowest BCUT2D eigenvalue weighted by molar-refractivity contribution is -0.150. The van der Waals surface area contributed by atoms with Gasteiger partial charge in [-0.2, -0.15) is 0 Å². The SMILES string of the molecule is CC(C)(C)NC(=O)CCNC(=O)C(=O)O. The molecule has 0 saturated carbocycles. The lowest BCUT2D eigenvalue weighted by Gasteiger charge is -2.20. The number of nitrogens with one attached hydrogen (secondary N) is 2. The predicted molar refractivity (Wildman–Crippen MR) is 53.2 cm³/mol. The van der Waals surface area contributed by atoms with Crippen molar-refractivity contribution in [3.05, 3.63) is 0 Å². The zero-order valence-corrected chi connectivity index (χ0v) is 9.09. The molecule has 6 nitrogen and oxygen atoms in total. The molecule has 0 atom stereocenters. The third-order valence-electron chi connectivity index (χ3n) is 1.35. The van der Waals surface area contributed by atoms with Crippen molar-refractivity contribution in [3.8, 4) is 0 Å². The number of carboxylic acid groups (broad SMARTS) is 1. The average molecular weight is 216 g/mol. The van der Waals surface area contributed by atoms with E-state index in [2.05, 4.69) is 10.6 Å². The zero-order chi connectivity index (χ0) is 12.1. The monoisotopic (exact) mass is 216 g/mol. The molecule has 0 saturated heterocycles. The molecule has 0 fully saturated rings. The maximum Gasteiger partial charge on any atom is 0.394 e. The lowest BCUT2D eigenvalue weighted by Crippen LogP contribution is -2.42. The van der Waals surface area contributed by atoms with Gasteiger partial charge in [0, 0.05) is 18.5 Å². The second-order valence-corrected chi connectivity index (χ2v) is 4.11. The van der Waals surface area contributed by atoms with Crippen LogP contribution in [-0.4, -0.2) is 35.0 Å². The molecule has 0 unspecified atom stereocenters. The van der Waals surface area contributed by atoms with E-state index in [0.29, 0.717) is 0 Å². The normalized spacial score (nSPS) is 10.6. The number of rotatable bonds is 3. The van der Waals surface area contributed by atoms with E-state index in [9.17, 15) is 14.4 Å². The van der Waals surface area contributed by atoms with Crippen molar-refractivity contribution in [2.45, 2.75) is 32.7 Å². The maximum absolute atomic E-state index is 11.2. The van der Waals surface area contributed by atoms with E-state index in [1.807, 2.05) is 20.8 Å². The number of carbonyl (C=O) groups excluding carboxylic acids is 2. The van der Waals surface area contributed by atoms with Gasteiger partial charge in [0.2, 0.25) is 5.91 Å². The summed E-state index contributed by atoms with van der Waals surface area (Å²) in [4.78, 5) is 31.9. The van der Waals surface area contributed by atoms with Crippen LogP contribution in [0.15, 0.2) is 0 Å². The van der Waals surface area contributed by atoms with Gasteiger partial charge in [0.1, 0.15) is 0 Å². The smallest absolute Gasteiger partial charge is 0.394 e. The van der Waals surface area contributed by atoms with Gasteiger partial charge in [-0.25, -0.2) is 4.79 Å². The van der Waals surface area contributed by atoms with Crippen molar-refractivity contribution in [3.63, 3.8) is 0 Å². The molecule has 0 aromatic rings. The molecule has 0 aliphatic heterocycles. The largest absolute Gasteiger partial charge is 0.474 e. The molecular weight excluding hydrogens is 200 g/mol. The first-order chi connectivity index (χ1) is 6.72. The van der Waals surface area contributed by atoms with Crippen LogP contribution in [0.2, 0.25) is 0 Å². The van der Waals surface area contributed by atoms with Crippen LogP contribution in [0.25, 0.3) is 0 Å². The number of aliphatic carboxylic acids is 1. The topological polar surface area (TPSA) is 95.5 Å². The van der Waals surface area contributed by atoms with Crippen LogP contribution in [0.3, 0.4) is 0 Å². The number of hydrogen-bond donors (Lipinski definition) is 3. The summed E-state index contributed by atoms with van der Waals surface area (Å²) < 4.78 is 0. The number of hydrogen-bond acceptors (Lipinski definition) is 3. The summed E-state index contributed by atoms with van der Waals surface area (Å²) in [6.45, 7) is 5.52. The molecule has 15 heavy (non-hydrogen) atoms. The fourth-order valence-electron chi connectivity index (χ4n) is 0.846. The average Bonchev–Trinajstić information content (AvgIpc) is 2.00. The fraction of sp³-hybridized carbons (Fsp3) is 0.667. The van der Waals surface area contributed by atoms with Crippen molar-refractivity contribution < 1.29 is 19.5 Å². The Morgan fingerprint density at radius 1 is 1.20 bits per heavy atom. The van der Waals surface area contributed by atoms with Crippen molar-refractivity contribution in [1.29, 1.82) is 0 Å². The quantitative estimate of drug-likeness (QED) is 0.554. The second kappa shape index (κ2) is 5.33. The van der Waals surface area contributed by atoms with E-state index in [0.717, 1.165) is 0 Å². The summed E-state index contributed by atoms with van der Waals surface area (Å²) >= 11 is 0. The molecule has 0 heterocycles. The molecule has 0 aromatic carbocycles. The highest BCUT2D eigenvalue weighted by Crippen LogP contribution is 1.98. The summed E-state index contributed by atoms with van der Waals surface area (Å²) in [6.07, 6.45) is 0.0658. The molecule has 0 aliphatic carbocycles. The molecule has 0 rings (SSSR count). The summed E-state index contributed by atoms with van der Waals surface area (Å²) in [5.74, 6) is -2.88. The van der Waals surface area contributed by atoms with E-state index in [4.69, 9.17) is 5.11 Å². The van der Waals surface area contributed by atoms with Crippen molar-refractivity contribution in [2.75, 3.05) is 6.54 Å². The van der Waals surface area contributed by atoms with E-state index in [1.165, 1.54) is 0 Å². The molecule has 0 bridgehead atoms. The van der Waals surface area contributed by atoms with Crippen LogP contribution >= 0.6 is 0 Å². The summed E-state index contributed by atoms with van der Waals surface area (Å²) in [5.41, 5.74) is -0.326. The molecule has 0 radical (unpaired) electrons. The van der Waals surface area contributed by atoms with Crippen LogP contribution < -0.4 is 10.6 Å². The molecule has 0 aromatic heterocycles. The van der Waals surface area contributed by atoms with Gasteiger partial charge in [0.25, 0.3) is 0 Å². The van der Waals surface area contributed by atoms with Crippen LogP contribution in [0, 0.1) is 0 Å². The Hall–Kier alpha value is -1.59. The number of carbonyl (C=O) groups is 3. The van der Waals surface area contributed by atoms with Gasteiger partial charge < -0.3 is 15.7 Å². The molecule has 0 spiro atoms. The standard InChI is InChI=1S/C9H16N2O4/c1-9(2,3)11-6(12)4-5-10-7(13)8(14)15/h4-5H2,1-3H3,(H,10,13)(H,11,12)(H,14,15). The molecule has 86 valence electrons. The first kappa shape index (κ1) is 13.4. The highest BCUT2D eigenvalue weighted by Gasteiger charge is 2.14. The van der Waals surface area contributed by atoms with Gasteiger partial charge in [-0.1, -0.05) is 0 Å². The molecule has 3 N–H and O–H groups in total. The van der Waals surface area contributed by atoms with E-state index in [1.54, 1.807) is 0 Å². The Kier molecular flexibility index (Phi) is 4.77. The van der Waals surface area contributed by atoms with Gasteiger partial charge in [0.15, 0.2) is 0 Å². The minimum absolute atomic E-state index is 0.0209.